The molecule has 0 spiro atoms. The number of nitrogens with zero attached hydrogens (tertiary/aromatic N) is 1. The maximum absolute atomic E-state index is 12.6. The molecule has 0 aliphatic carbocycles. The van der Waals surface area contributed by atoms with Crippen LogP contribution in [-0.2, 0) is 4.79 Å². The number of benzene rings is 4. The normalized spacial score (nSPS) is 13.9. The summed E-state index contributed by atoms with van der Waals surface area (Å²) >= 11 is 1.63. The fourth-order valence-corrected chi connectivity index (χ4v) is 5.26. The van der Waals surface area contributed by atoms with E-state index in [4.69, 9.17) is 4.74 Å². The molecule has 1 saturated heterocycles. The fraction of sp³-hybridized carbons (Fsp3) is 0.226. The van der Waals surface area contributed by atoms with Crippen molar-refractivity contribution in [2.45, 2.75) is 22.6 Å². The van der Waals surface area contributed by atoms with E-state index in [1.807, 2.05) is 91.0 Å². The van der Waals surface area contributed by atoms with E-state index in [2.05, 4.69) is 17.3 Å². The van der Waals surface area contributed by atoms with Gasteiger partial charge in [0.15, 0.2) is 6.29 Å². The number of aldehydes is 1. The van der Waals surface area contributed by atoms with E-state index in [9.17, 15) is 9.59 Å². The summed E-state index contributed by atoms with van der Waals surface area (Å²) in [5, 5.41) is 5.27. The molecule has 0 unspecified atom stereocenters. The number of hydrogen-bond donors (Lipinski definition) is 1. The number of rotatable bonds is 6. The second-order valence-electron chi connectivity index (χ2n) is 9.03. The molecule has 190 valence electrons. The van der Waals surface area contributed by atoms with Gasteiger partial charge in [-0.15, -0.1) is 0 Å². The van der Waals surface area contributed by atoms with Crippen LogP contribution in [0.4, 0.5) is 5.69 Å². The quantitative estimate of drug-likeness (QED) is 0.289. The number of ether oxygens (including phenoxy) is 1. The van der Waals surface area contributed by atoms with Crippen LogP contribution < -0.4 is 10.1 Å². The minimum Gasteiger partial charge on any atom is -0.497 e. The van der Waals surface area contributed by atoms with Gasteiger partial charge in [-0.05, 0) is 74.1 Å². The summed E-state index contributed by atoms with van der Waals surface area (Å²) in [7, 11) is 3.77. The van der Waals surface area contributed by atoms with Gasteiger partial charge in [0, 0.05) is 21.3 Å². The van der Waals surface area contributed by atoms with E-state index in [1.165, 1.54) is 0 Å². The van der Waals surface area contributed by atoms with Crippen LogP contribution in [0.15, 0.2) is 101 Å². The number of amides is 1. The molecule has 1 aliphatic rings. The minimum absolute atomic E-state index is 0.103. The van der Waals surface area contributed by atoms with Crippen LogP contribution in [0.2, 0.25) is 0 Å². The summed E-state index contributed by atoms with van der Waals surface area (Å²) < 4.78 is 5.29. The largest absolute Gasteiger partial charge is 0.497 e. The molecule has 0 bridgehead atoms. The molecule has 0 radical (unpaired) electrons. The lowest BCUT2D eigenvalue weighted by atomic mass is 9.96. The molecule has 1 amide bonds. The van der Waals surface area contributed by atoms with Crippen molar-refractivity contribution in [3.05, 3.63) is 96.6 Å². The second-order valence-corrected chi connectivity index (χ2v) is 10.1. The Morgan fingerprint density at radius 1 is 0.946 bits per heavy atom. The summed E-state index contributed by atoms with van der Waals surface area (Å²) in [6, 6.07) is 29.5. The third kappa shape index (κ3) is 7.21. The standard InChI is InChI=1S/C20H24N2O2S.C11H8O/c1-22-12-10-15(11-13-22)20(23)21-18-8-3-4-9-19(18)25-17-7-5-6-16(14-17)24-2;12-8-10-6-3-5-9-4-1-2-7-11(9)10/h3-9,14-15H,10-13H2,1-2H3,(H,21,23);1-8H. The van der Waals surface area contributed by atoms with E-state index < -0.39 is 0 Å². The molecular formula is C31H32N2O3S. The number of para-hydroxylation sites is 1. The maximum Gasteiger partial charge on any atom is 0.227 e. The first-order valence-electron chi connectivity index (χ1n) is 12.4. The van der Waals surface area contributed by atoms with Gasteiger partial charge < -0.3 is 15.0 Å². The summed E-state index contributed by atoms with van der Waals surface area (Å²) in [6.45, 7) is 1.97. The van der Waals surface area contributed by atoms with Crippen molar-refractivity contribution in [1.82, 2.24) is 4.90 Å². The number of carbonyl (C=O) groups is 2. The number of anilines is 1. The van der Waals surface area contributed by atoms with Gasteiger partial charge in [-0.3, -0.25) is 9.59 Å². The minimum atomic E-state index is 0.103. The highest BCUT2D eigenvalue weighted by atomic mass is 32.2. The average Bonchev–Trinajstić information content (AvgIpc) is 2.94. The Labute approximate surface area is 222 Å². The first-order valence-corrected chi connectivity index (χ1v) is 13.2. The molecule has 1 fully saturated rings. The summed E-state index contributed by atoms with van der Waals surface area (Å²) in [5.74, 6) is 1.07. The van der Waals surface area contributed by atoms with Gasteiger partial charge in [0.05, 0.1) is 12.8 Å². The Hall–Kier alpha value is -3.61. The zero-order valence-electron chi connectivity index (χ0n) is 21.2. The summed E-state index contributed by atoms with van der Waals surface area (Å²) in [5.41, 5.74) is 1.63. The Kier molecular flexibility index (Phi) is 9.35. The number of carbonyl (C=O) groups excluding carboxylic acids is 2. The van der Waals surface area contributed by atoms with Crippen LogP contribution in [0.5, 0.6) is 5.75 Å². The smallest absolute Gasteiger partial charge is 0.227 e. The zero-order chi connectivity index (χ0) is 26.0. The highest BCUT2D eigenvalue weighted by Crippen LogP contribution is 2.35. The van der Waals surface area contributed by atoms with Gasteiger partial charge >= 0.3 is 0 Å². The lowest BCUT2D eigenvalue weighted by Gasteiger charge is -2.28. The molecule has 4 aromatic carbocycles. The maximum atomic E-state index is 12.6. The Bertz CT molecular complexity index is 1340. The third-order valence-corrected chi connectivity index (χ3v) is 7.52. The first-order chi connectivity index (χ1) is 18.1. The van der Waals surface area contributed by atoms with Gasteiger partial charge in [-0.2, -0.15) is 0 Å². The van der Waals surface area contributed by atoms with Crippen LogP contribution in [0.1, 0.15) is 23.2 Å². The molecule has 1 N–H and O–H groups in total. The molecular weight excluding hydrogens is 480 g/mol. The van der Waals surface area contributed by atoms with Gasteiger partial charge in [-0.1, -0.05) is 72.4 Å². The van der Waals surface area contributed by atoms with Gasteiger partial charge in [0.25, 0.3) is 0 Å². The highest BCUT2D eigenvalue weighted by Gasteiger charge is 2.23. The Morgan fingerprint density at radius 3 is 2.43 bits per heavy atom. The lowest BCUT2D eigenvalue weighted by molar-refractivity contribution is -0.121. The molecule has 5 nitrogen and oxygen atoms in total. The van der Waals surface area contributed by atoms with E-state index >= 15 is 0 Å². The van der Waals surface area contributed by atoms with Crippen LogP contribution in [-0.4, -0.2) is 44.3 Å². The molecule has 37 heavy (non-hydrogen) atoms. The summed E-state index contributed by atoms with van der Waals surface area (Å²) in [4.78, 5) is 27.6. The number of fused-ring (bicyclic) bond motifs is 1. The third-order valence-electron chi connectivity index (χ3n) is 6.45. The molecule has 0 atom stereocenters. The van der Waals surface area contributed by atoms with Gasteiger partial charge in [-0.25, -0.2) is 0 Å². The van der Waals surface area contributed by atoms with Crippen LogP contribution in [0.3, 0.4) is 0 Å². The number of nitrogens with one attached hydrogen (secondary N) is 1. The van der Waals surface area contributed by atoms with Gasteiger partial charge in [0.1, 0.15) is 5.75 Å². The van der Waals surface area contributed by atoms with Crippen LogP contribution >= 0.6 is 11.8 Å². The molecule has 6 heteroatoms. The highest BCUT2D eigenvalue weighted by molar-refractivity contribution is 7.99. The Morgan fingerprint density at radius 2 is 1.65 bits per heavy atom. The molecule has 5 rings (SSSR count). The monoisotopic (exact) mass is 512 g/mol. The lowest BCUT2D eigenvalue weighted by Crippen LogP contribution is -2.35. The Balaban J connectivity index is 0.000000222. The predicted molar refractivity (Wildman–Crippen MR) is 152 cm³/mol. The summed E-state index contributed by atoms with van der Waals surface area (Å²) in [6.07, 6.45) is 2.74. The van der Waals surface area contributed by atoms with Crippen LogP contribution in [0, 0.1) is 5.92 Å². The second kappa shape index (κ2) is 13.1. The van der Waals surface area contributed by atoms with Crippen molar-refractivity contribution in [3.63, 3.8) is 0 Å². The van der Waals surface area contributed by atoms with E-state index in [0.717, 1.165) is 69.8 Å². The van der Waals surface area contributed by atoms with E-state index in [-0.39, 0.29) is 11.8 Å². The van der Waals surface area contributed by atoms with E-state index in [0.29, 0.717) is 0 Å². The van der Waals surface area contributed by atoms with Crippen molar-refractivity contribution < 1.29 is 14.3 Å². The number of methoxy groups -OCH3 is 1. The first kappa shape index (κ1) is 26.5. The molecule has 1 heterocycles. The molecule has 0 aromatic heterocycles. The number of piperidine rings is 1. The SMILES string of the molecule is COc1cccc(Sc2ccccc2NC(=O)C2CCN(C)CC2)c1.O=Cc1cccc2ccccc12. The molecule has 4 aromatic rings. The van der Waals surface area contributed by atoms with E-state index in [1.54, 1.807) is 18.9 Å². The van der Waals surface area contributed by atoms with Gasteiger partial charge in [0.2, 0.25) is 5.91 Å². The van der Waals surface area contributed by atoms with Crippen molar-refractivity contribution in [1.29, 1.82) is 0 Å². The van der Waals surface area contributed by atoms with Crippen LogP contribution in [0.25, 0.3) is 10.8 Å². The number of likely N-dealkylation sites (tertiary alicyclic amines) is 1. The van der Waals surface area contributed by atoms with Crippen molar-refractivity contribution in [2.24, 2.45) is 5.92 Å². The topological polar surface area (TPSA) is 58.6 Å². The zero-order valence-corrected chi connectivity index (χ0v) is 22.0. The molecule has 1 aliphatic heterocycles. The van der Waals surface area contributed by atoms with Crippen molar-refractivity contribution >= 4 is 40.4 Å². The average molecular weight is 513 g/mol. The molecule has 0 saturated carbocycles. The van der Waals surface area contributed by atoms with Crippen molar-refractivity contribution in [3.8, 4) is 5.75 Å². The predicted octanol–water partition coefficient (Wildman–Crippen LogP) is 6.78. The number of hydrogen-bond acceptors (Lipinski definition) is 5. The fourth-order valence-electron chi connectivity index (χ4n) is 4.31. The van der Waals surface area contributed by atoms with Crippen molar-refractivity contribution in [2.75, 3.05) is 32.6 Å².